The Balaban J connectivity index is 1.60. The summed E-state index contributed by atoms with van der Waals surface area (Å²) in [5.74, 6) is 0.227. The summed E-state index contributed by atoms with van der Waals surface area (Å²) in [4.78, 5) is 11.9. The van der Waals surface area contributed by atoms with Gasteiger partial charge in [-0.1, -0.05) is 6.92 Å². The molecule has 1 aliphatic carbocycles. The fourth-order valence-corrected chi connectivity index (χ4v) is 4.18. The van der Waals surface area contributed by atoms with Crippen LogP contribution in [0.3, 0.4) is 0 Å². The first kappa shape index (κ1) is 18.0. The number of carbonyl (C=O) groups excluding carboxylic acids is 1. The molecule has 24 heavy (non-hydrogen) atoms. The summed E-state index contributed by atoms with van der Waals surface area (Å²) in [5.41, 5.74) is 0. The standard InChI is InChI=1S/C16H26O8/c1-7-2-3-9-8(5-22-15(21)11(7)9)6-23-16-14(20)13(19)12(18)10(4-17)24-16/h7-14,16-20H,2-6H2,1H3/t7-,8+,9+,10+,11+,12+,13+,14-,16+/m0/s1. The summed E-state index contributed by atoms with van der Waals surface area (Å²) in [5, 5.41) is 38.7. The normalized spacial score (nSPS) is 48.9. The Morgan fingerprint density at radius 1 is 1.17 bits per heavy atom. The highest BCUT2D eigenvalue weighted by Crippen LogP contribution is 2.44. The van der Waals surface area contributed by atoms with Gasteiger partial charge in [0.2, 0.25) is 0 Å². The highest BCUT2D eigenvalue weighted by Gasteiger charge is 2.48. The van der Waals surface area contributed by atoms with E-state index >= 15 is 0 Å². The van der Waals surface area contributed by atoms with E-state index < -0.39 is 37.3 Å². The molecule has 4 N–H and O–H groups in total. The summed E-state index contributed by atoms with van der Waals surface area (Å²) in [7, 11) is 0. The molecule has 2 aliphatic heterocycles. The Morgan fingerprint density at radius 3 is 2.62 bits per heavy atom. The number of hydrogen-bond donors (Lipinski definition) is 4. The van der Waals surface area contributed by atoms with E-state index in [1.807, 2.05) is 6.92 Å². The van der Waals surface area contributed by atoms with Gasteiger partial charge in [-0.25, -0.2) is 0 Å². The maximum Gasteiger partial charge on any atom is 0.309 e. The van der Waals surface area contributed by atoms with Crippen molar-refractivity contribution in [1.82, 2.24) is 0 Å². The lowest BCUT2D eigenvalue weighted by Crippen LogP contribution is -2.59. The number of carbonyl (C=O) groups is 1. The third-order valence-corrected chi connectivity index (χ3v) is 5.67. The summed E-state index contributed by atoms with van der Waals surface area (Å²) in [6.07, 6.45) is -4.49. The summed E-state index contributed by atoms with van der Waals surface area (Å²) < 4.78 is 16.2. The quantitative estimate of drug-likeness (QED) is 0.460. The van der Waals surface area contributed by atoms with Gasteiger partial charge in [-0.3, -0.25) is 4.79 Å². The molecule has 0 radical (unpaired) electrons. The van der Waals surface area contributed by atoms with Crippen LogP contribution in [0, 0.1) is 23.7 Å². The molecule has 0 aromatic rings. The topological polar surface area (TPSA) is 126 Å². The van der Waals surface area contributed by atoms with Crippen LogP contribution >= 0.6 is 0 Å². The lowest BCUT2D eigenvalue weighted by Gasteiger charge is -2.41. The van der Waals surface area contributed by atoms with Gasteiger partial charge in [-0.2, -0.15) is 0 Å². The first-order valence-electron chi connectivity index (χ1n) is 8.52. The third kappa shape index (κ3) is 3.18. The van der Waals surface area contributed by atoms with Gasteiger partial charge in [0, 0.05) is 5.92 Å². The van der Waals surface area contributed by atoms with Gasteiger partial charge in [0.1, 0.15) is 24.4 Å². The molecular weight excluding hydrogens is 320 g/mol. The molecule has 0 unspecified atom stereocenters. The molecule has 0 amide bonds. The van der Waals surface area contributed by atoms with Gasteiger partial charge in [-0.05, 0) is 24.7 Å². The number of cyclic esters (lactones) is 1. The van der Waals surface area contributed by atoms with Crippen molar-refractivity contribution in [3.05, 3.63) is 0 Å². The lowest BCUT2D eigenvalue weighted by atomic mass is 9.80. The van der Waals surface area contributed by atoms with E-state index in [4.69, 9.17) is 14.2 Å². The second-order valence-electron chi connectivity index (χ2n) is 7.17. The van der Waals surface area contributed by atoms with Crippen LogP contribution in [0.4, 0.5) is 0 Å². The van der Waals surface area contributed by atoms with Crippen molar-refractivity contribution < 1.29 is 39.4 Å². The fraction of sp³-hybridized carbons (Fsp3) is 0.938. The van der Waals surface area contributed by atoms with Gasteiger partial charge in [0.25, 0.3) is 0 Å². The SMILES string of the molecule is C[C@H]1CC[C@@H]2[C@@H](CO[C@@H]3O[C@H](CO)[C@@H](O)[C@@H](O)[C@@H]3O)COC(=O)[C@@H]21. The molecule has 0 aromatic carbocycles. The van der Waals surface area contributed by atoms with Gasteiger partial charge < -0.3 is 34.6 Å². The van der Waals surface area contributed by atoms with Crippen molar-refractivity contribution in [2.45, 2.75) is 50.5 Å². The molecule has 1 saturated carbocycles. The van der Waals surface area contributed by atoms with Gasteiger partial charge in [0.15, 0.2) is 6.29 Å². The van der Waals surface area contributed by atoms with E-state index in [9.17, 15) is 25.2 Å². The Bertz CT molecular complexity index is 455. The number of hydrogen-bond acceptors (Lipinski definition) is 8. The van der Waals surface area contributed by atoms with E-state index in [1.54, 1.807) is 0 Å². The van der Waals surface area contributed by atoms with Crippen molar-refractivity contribution in [2.24, 2.45) is 23.7 Å². The number of esters is 1. The number of aliphatic hydroxyl groups is 4. The number of fused-ring (bicyclic) bond motifs is 1. The average molecular weight is 346 g/mol. The van der Waals surface area contributed by atoms with Crippen molar-refractivity contribution in [2.75, 3.05) is 19.8 Å². The molecular formula is C16H26O8. The predicted octanol–water partition coefficient (Wildman–Crippen LogP) is -1.36. The number of aliphatic hydroxyl groups excluding tert-OH is 4. The zero-order valence-corrected chi connectivity index (χ0v) is 13.7. The molecule has 0 aromatic heterocycles. The third-order valence-electron chi connectivity index (χ3n) is 5.67. The molecule has 3 rings (SSSR count). The molecule has 0 spiro atoms. The van der Waals surface area contributed by atoms with Crippen LogP contribution in [-0.4, -0.2) is 76.9 Å². The summed E-state index contributed by atoms with van der Waals surface area (Å²) in [6, 6.07) is 0. The van der Waals surface area contributed by atoms with Crippen LogP contribution in [-0.2, 0) is 19.0 Å². The van der Waals surface area contributed by atoms with Crippen LogP contribution in [0.15, 0.2) is 0 Å². The van der Waals surface area contributed by atoms with Gasteiger partial charge in [0.05, 0.1) is 25.7 Å². The Kier molecular flexibility index (Phi) is 5.43. The average Bonchev–Trinajstić information content (AvgIpc) is 2.97. The highest BCUT2D eigenvalue weighted by molar-refractivity contribution is 5.74. The van der Waals surface area contributed by atoms with Crippen molar-refractivity contribution in [3.8, 4) is 0 Å². The number of ether oxygens (including phenoxy) is 3. The second kappa shape index (κ2) is 7.23. The molecule has 3 aliphatic rings. The molecule has 3 fully saturated rings. The molecule has 8 nitrogen and oxygen atoms in total. The van der Waals surface area contributed by atoms with E-state index in [-0.39, 0.29) is 42.9 Å². The molecule has 138 valence electrons. The van der Waals surface area contributed by atoms with Crippen LogP contribution in [0.5, 0.6) is 0 Å². The van der Waals surface area contributed by atoms with Crippen LogP contribution in [0.1, 0.15) is 19.8 Å². The zero-order valence-electron chi connectivity index (χ0n) is 13.7. The zero-order chi connectivity index (χ0) is 17.4. The molecule has 2 heterocycles. The van der Waals surface area contributed by atoms with E-state index in [0.29, 0.717) is 0 Å². The predicted molar refractivity (Wildman–Crippen MR) is 79.5 cm³/mol. The fourth-order valence-electron chi connectivity index (χ4n) is 4.18. The van der Waals surface area contributed by atoms with Crippen molar-refractivity contribution in [3.63, 3.8) is 0 Å². The second-order valence-corrected chi connectivity index (χ2v) is 7.17. The minimum Gasteiger partial charge on any atom is -0.465 e. The Labute approximate surface area is 140 Å². The first-order valence-corrected chi connectivity index (χ1v) is 8.52. The van der Waals surface area contributed by atoms with Gasteiger partial charge in [-0.15, -0.1) is 0 Å². The monoisotopic (exact) mass is 346 g/mol. The van der Waals surface area contributed by atoms with E-state index in [0.717, 1.165) is 12.8 Å². The number of rotatable bonds is 4. The summed E-state index contributed by atoms with van der Waals surface area (Å²) in [6.45, 7) is 2.04. The first-order chi connectivity index (χ1) is 11.4. The minimum absolute atomic E-state index is 0.00465. The van der Waals surface area contributed by atoms with E-state index in [2.05, 4.69) is 0 Å². The van der Waals surface area contributed by atoms with Crippen LogP contribution < -0.4 is 0 Å². The van der Waals surface area contributed by atoms with Crippen molar-refractivity contribution >= 4 is 5.97 Å². The molecule has 8 heteroatoms. The van der Waals surface area contributed by atoms with Gasteiger partial charge >= 0.3 is 5.97 Å². The highest BCUT2D eigenvalue weighted by atomic mass is 16.7. The Morgan fingerprint density at radius 2 is 1.92 bits per heavy atom. The molecule has 9 atom stereocenters. The van der Waals surface area contributed by atoms with Crippen molar-refractivity contribution in [1.29, 1.82) is 0 Å². The maximum absolute atomic E-state index is 11.9. The van der Waals surface area contributed by atoms with Crippen LogP contribution in [0.25, 0.3) is 0 Å². The Hall–Kier alpha value is -0.770. The minimum atomic E-state index is -1.45. The lowest BCUT2D eigenvalue weighted by molar-refractivity contribution is -0.305. The summed E-state index contributed by atoms with van der Waals surface area (Å²) >= 11 is 0. The van der Waals surface area contributed by atoms with Crippen LogP contribution in [0.2, 0.25) is 0 Å². The van der Waals surface area contributed by atoms with E-state index in [1.165, 1.54) is 0 Å². The largest absolute Gasteiger partial charge is 0.465 e. The molecule has 0 bridgehead atoms. The smallest absolute Gasteiger partial charge is 0.309 e. The maximum atomic E-state index is 11.9. The molecule has 2 saturated heterocycles.